The SMILES string of the molecule is CC(C)OC(=O)CSC1=C(C#N)[C@H](c2ccccc2Cl)CC(=O)N1. The Labute approximate surface area is 150 Å². The topological polar surface area (TPSA) is 79.2 Å². The third kappa shape index (κ3) is 4.53. The highest BCUT2D eigenvalue weighted by Crippen LogP contribution is 2.38. The summed E-state index contributed by atoms with van der Waals surface area (Å²) in [6.45, 7) is 3.52. The molecule has 0 saturated carbocycles. The molecule has 24 heavy (non-hydrogen) atoms. The largest absolute Gasteiger partial charge is 0.462 e. The molecule has 1 atom stereocenters. The van der Waals surface area contributed by atoms with Crippen molar-refractivity contribution in [3.05, 3.63) is 45.5 Å². The van der Waals surface area contributed by atoms with Crippen LogP contribution in [0.3, 0.4) is 0 Å². The molecule has 0 spiro atoms. The third-order valence-corrected chi connectivity index (χ3v) is 4.67. The third-order valence-electron chi connectivity index (χ3n) is 3.34. The molecule has 0 unspecified atom stereocenters. The predicted molar refractivity (Wildman–Crippen MR) is 93.3 cm³/mol. The Morgan fingerprint density at radius 3 is 2.83 bits per heavy atom. The number of ether oxygens (including phenoxy) is 1. The van der Waals surface area contributed by atoms with E-state index in [-0.39, 0.29) is 24.2 Å². The first kappa shape index (κ1) is 18.4. The standard InChI is InChI=1S/C17H17ClN2O3S/c1-10(2)23-16(22)9-24-17-13(8-19)12(7-15(21)20-17)11-5-3-4-6-14(11)18/h3-6,10,12H,7,9H2,1-2H3,(H,20,21)/t12-/m0/s1. The maximum atomic E-state index is 12.0. The predicted octanol–water partition coefficient (Wildman–Crippen LogP) is 3.36. The Hall–Kier alpha value is -1.97. The molecule has 0 aliphatic carbocycles. The van der Waals surface area contributed by atoms with E-state index in [4.69, 9.17) is 16.3 Å². The first-order valence-corrected chi connectivity index (χ1v) is 8.79. The van der Waals surface area contributed by atoms with Gasteiger partial charge in [0.05, 0.1) is 28.5 Å². The van der Waals surface area contributed by atoms with Gasteiger partial charge in [0, 0.05) is 17.4 Å². The fourth-order valence-corrected chi connectivity index (χ4v) is 3.51. The number of halogens is 1. The maximum absolute atomic E-state index is 12.0. The van der Waals surface area contributed by atoms with Gasteiger partial charge in [-0.05, 0) is 25.5 Å². The van der Waals surface area contributed by atoms with E-state index in [1.165, 1.54) is 0 Å². The highest BCUT2D eigenvalue weighted by atomic mass is 35.5. The lowest BCUT2D eigenvalue weighted by atomic mass is 9.87. The number of benzene rings is 1. The number of rotatable bonds is 5. The minimum absolute atomic E-state index is 0.0220. The molecule has 2 rings (SSSR count). The van der Waals surface area contributed by atoms with Crippen molar-refractivity contribution >= 4 is 35.2 Å². The van der Waals surface area contributed by atoms with Crippen LogP contribution in [-0.4, -0.2) is 23.7 Å². The molecular formula is C17H17ClN2O3S. The summed E-state index contributed by atoms with van der Waals surface area (Å²) in [5.74, 6) is -0.998. The highest BCUT2D eigenvalue weighted by molar-refractivity contribution is 8.03. The van der Waals surface area contributed by atoms with Crippen molar-refractivity contribution in [1.82, 2.24) is 5.32 Å². The van der Waals surface area contributed by atoms with Crippen molar-refractivity contribution in [1.29, 1.82) is 5.26 Å². The fraction of sp³-hybridized carbons (Fsp3) is 0.353. The van der Waals surface area contributed by atoms with Crippen LogP contribution < -0.4 is 5.32 Å². The van der Waals surface area contributed by atoms with Crippen molar-refractivity contribution in [3.8, 4) is 6.07 Å². The van der Waals surface area contributed by atoms with E-state index in [0.717, 1.165) is 17.3 Å². The lowest BCUT2D eigenvalue weighted by Crippen LogP contribution is -2.31. The molecule has 1 heterocycles. The second-order valence-corrected chi connectivity index (χ2v) is 6.90. The first-order chi connectivity index (χ1) is 11.4. The van der Waals surface area contributed by atoms with Gasteiger partial charge in [0.1, 0.15) is 0 Å². The Kier molecular flexibility index (Phi) is 6.29. The number of nitrogens with one attached hydrogen (secondary N) is 1. The van der Waals surface area contributed by atoms with Crippen LogP contribution in [0.4, 0.5) is 0 Å². The molecule has 0 radical (unpaired) electrons. The van der Waals surface area contributed by atoms with Gasteiger partial charge in [0.25, 0.3) is 0 Å². The van der Waals surface area contributed by atoms with E-state index in [2.05, 4.69) is 11.4 Å². The fourth-order valence-electron chi connectivity index (χ4n) is 2.38. The van der Waals surface area contributed by atoms with Gasteiger partial charge in [0.2, 0.25) is 5.91 Å². The molecule has 0 saturated heterocycles. The van der Waals surface area contributed by atoms with Gasteiger partial charge >= 0.3 is 5.97 Å². The van der Waals surface area contributed by atoms with Crippen molar-refractivity contribution < 1.29 is 14.3 Å². The Balaban J connectivity index is 2.27. The average Bonchev–Trinajstić information content (AvgIpc) is 2.52. The second kappa shape index (κ2) is 8.22. The van der Waals surface area contributed by atoms with Gasteiger partial charge in [-0.15, -0.1) is 0 Å². The van der Waals surface area contributed by atoms with Gasteiger partial charge in [-0.2, -0.15) is 5.26 Å². The zero-order valence-corrected chi connectivity index (χ0v) is 14.9. The van der Waals surface area contributed by atoms with E-state index >= 15 is 0 Å². The van der Waals surface area contributed by atoms with Crippen LogP contribution in [0.25, 0.3) is 0 Å². The van der Waals surface area contributed by atoms with E-state index in [1.807, 2.05) is 6.07 Å². The number of carbonyl (C=O) groups is 2. The number of allylic oxidation sites excluding steroid dienone is 1. The number of esters is 1. The molecule has 1 aromatic rings. The number of nitriles is 1. The number of thioether (sulfide) groups is 1. The molecule has 0 fully saturated rings. The van der Waals surface area contributed by atoms with Crippen LogP contribution in [0.5, 0.6) is 0 Å². The Bertz CT molecular complexity index is 725. The van der Waals surface area contributed by atoms with Crippen LogP contribution in [0.15, 0.2) is 34.9 Å². The minimum Gasteiger partial charge on any atom is -0.462 e. The first-order valence-electron chi connectivity index (χ1n) is 7.43. The maximum Gasteiger partial charge on any atom is 0.316 e. The van der Waals surface area contributed by atoms with Crippen molar-refractivity contribution in [2.45, 2.75) is 32.3 Å². The summed E-state index contributed by atoms with van der Waals surface area (Å²) in [5, 5.41) is 13.1. The van der Waals surface area contributed by atoms with Gasteiger partial charge < -0.3 is 10.1 Å². The number of carbonyl (C=O) groups excluding carboxylic acids is 2. The molecule has 0 aromatic heterocycles. The number of hydrogen-bond acceptors (Lipinski definition) is 5. The summed E-state index contributed by atoms with van der Waals surface area (Å²) in [5.41, 5.74) is 1.14. The smallest absolute Gasteiger partial charge is 0.316 e. The quantitative estimate of drug-likeness (QED) is 0.810. The summed E-state index contributed by atoms with van der Waals surface area (Å²) in [7, 11) is 0. The summed E-state index contributed by atoms with van der Waals surface area (Å²) in [4.78, 5) is 23.7. The zero-order chi connectivity index (χ0) is 17.7. The molecule has 1 aliphatic rings. The van der Waals surface area contributed by atoms with Gasteiger partial charge in [-0.25, -0.2) is 0 Å². The lowest BCUT2D eigenvalue weighted by Gasteiger charge is -2.25. The van der Waals surface area contributed by atoms with E-state index in [9.17, 15) is 14.9 Å². The molecular weight excluding hydrogens is 348 g/mol. The van der Waals surface area contributed by atoms with E-state index in [0.29, 0.717) is 15.6 Å². The van der Waals surface area contributed by atoms with Crippen LogP contribution >= 0.6 is 23.4 Å². The van der Waals surface area contributed by atoms with Crippen LogP contribution in [0, 0.1) is 11.3 Å². The summed E-state index contributed by atoms with van der Waals surface area (Å²) in [6, 6.07) is 9.29. The molecule has 1 amide bonds. The van der Waals surface area contributed by atoms with Crippen molar-refractivity contribution in [2.24, 2.45) is 0 Å². The molecule has 126 valence electrons. The van der Waals surface area contributed by atoms with Crippen molar-refractivity contribution in [3.63, 3.8) is 0 Å². The number of nitrogens with zero attached hydrogens (tertiary/aromatic N) is 1. The van der Waals surface area contributed by atoms with Crippen LogP contribution in [0.2, 0.25) is 5.02 Å². The molecule has 7 heteroatoms. The molecule has 1 N–H and O–H groups in total. The van der Waals surface area contributed by atoms with E-state index in [1.54, 1.807) is 32.0 Å². The molecule has 5 nitrogen and oxygen atoms in total. The summed E-state index contributed by atoms with van der Waals surface area (Å²) < 4.78 is 5.07. The van der Waals surface area contributed by atoms with Crippen molar-refractivity contribution in [2.75, 3.05) is 5.75 Å². The monoisotopic (exact) mass is 364 g/mol. The van der Waals surface area contributed by atoms with E-state index < -0.39 is 11.9 Å². The second-order valence-electron chi connectivity index (χ2n) is 5.51. The number of hydrogen-bond donors (Lipinski definition) is 1. The van der Waals surface area contributed by atoms with Gasteiger partial charge in [-0.3, -0.25) is 9.59 Å². The molecule has 0 bridgehead atoms. The van der Waals surface area contributed by atoms with Gasteiger partial charge in [0.15, 0.2) is 0 Å². The summed E-state index contributed by atoms with van der Waals surface area (Å²) in [6.07, 6.45) is -0.0630. The Morgan fingerprint density at radius 2 is 2.21 bits per heavy atom. The average molecular weight is 365 g/mol. The van der Waals surface area contributed by atoms with Crippen LogP contribution in [-0.2, 0) is 14.3 Å². The van der Waals surface area contributed by atoms with Gasteiger partial charge in [-0.1, -0.05) is 41.6 Å². The lowest BCUT2D eigenvalue weighted by molar-refractivity contribution is -0.144. The molecule has 1 aromatic carbocycles. The van der Waals surface area contributed by atoms with Crippen LogP contribution in [0.1, 0.15) is 31.7 Å². The normalized spacial score (nSPS) is 17.5. The zero-order valence-electron chi connectivity index (χ0n) is 13.3. The number of amides is 1. The minimum atomic E-state index is -0.416. The Morgan fingerprint density at radius 1 is 1.50 bits per heavy atom. The highest BCUT2D eigenvalue weighted by Gasteiger charge is 2.31. The molecule has 1 aliphatic heterocycles. The summed E-state index contributed by atoms with van der Waals surface area (Å²) >= 11 is 7.31.